The fraction of sp³-hybridized carbons (Fsp3) is 0.421. The number of piperazine rings is 1. The number of carbonyl (C=O) groups is 1. The average molecular weight is 433 g/mol. The van der Waals surface area contributed by atoms with E-state index >= 15 is 0 Å². The SMILES string of the molecule is CCOc1nc2nn(C)cc2cc1C(=O)Nc1ccc(N2CCN[C@@H](C)C2)nn1.Cl. The summed E-state index contributed by atoms with van der Waals surface area (Å²) < 4.78 is 7.20. The molecule has 1 aliphatic heterocycles. The molecular formula is C19H25ClN8O2. The number of rotatable bonds is 5. The van der Waals surface area contributed by atoms with Crippen molar-refractivity contribution < 1.29 is 9.53 Å². The van der Waals surface area contributed by atoms with Crippen molar-refractivity contribution in [2.75, 3.05) is 36.5 Å². The first-order chi connectivity index (χ1) is 14.0. The Labute approximate surface area is 180 Å². The van der Waals surface area contributed by atoms with E-state index in [1.54, 1.807) is 30.1 Å². The van der Waals surface area contributed by atoms with Gasteiger partial charge in [0.25, 0.3) is 5.91 Å². The molecule has 3 aromatic rings. The summed E-state index contributed by atoms with van der Waals surface area (Å²) in [6.07, 6.45) is 1.80. The van der Waals surface area contributed by atoms with Gasteiger partial charge in [-0.25, -0.2) is 0 Å². The zero-order chi connectivity index (χ0) is 20.4. The van der Waals surface area contributed by atoms with Gasteiger partial charge in [0.15, 0.2) is 17.3 Å². The number of halogens is 1. The van der Waals surface area contributed by atoms with Crippen molar-refractivity contribution in [3.8, 4) is 5.88 Å². The molecule has 1 fully saturated rings. The van der Waals surface area contributed by atoms with Gasteiger partial charge >= 0.3 is 0 Å². The molecule has 30 heavy (non-hydrogen) atoms. The Morgan fingerprint density at radius 2 is 2.20 bits per heavy atom. The lowest BCUT2D eigenvalue weighted by atomic mass is 10.2. The summed E-state index contributed by atoms with van der Waals surface area (Å²) in [5, 5.41) is 19.6. The van der Waals surface area contributed by atoms with E-state index in [9.17, 15) is 4.79 Å². The van der Waals surface area contributed by atoms with Crippen molar-refractivity contribution >= 4 is 41.0 Å². The third-order valence-electron chi connectivity index (χ3n) is 4.68. The fourth-order valence-electron chi connectivity index (χ4n) is 3.35. The van der Waals surface area contributed by atoms with Gasteiger partial charge in [0.2, 0.25) is 5.88 Å². The van der Waals surface area contributed by atoms with E-state index < -0.39 is 0 Å². The van der Waals surface area contributed by atoms with Crippen molar-refractivity contribution in [2.45, 2.75) is 19.9 Å². The smallest absolute Gasteiger partial charge is 0.262 e. The number of hydrogen-bond acceptors (Lipinski definition) is 8. The van der Waals surface area contributed by atoms with Crippen molar-refractivity contribution in [3.63, 3.8) is 0 Å². The second kappa shape index (κ2) is 9.23. The Kier molecular flexibility index (Phi) is 6.68. The molecule has 0 unspecified atom stereocenters. The van der Waals surface area contributed by atoms with Crippen LogP contribution in [0, 0.1) is 0 Å². The highest BCUT2D eigenvalue weighted by Crippen LogP contribution is 2.23. The van der Waals surface area contributed by atoms with Crippen molar-refractivity contribution in [1.29, 1.82) is 0 Å². The summed E-state index contributed by atoms with van der Waals surface area (Å²) in [7, 11) is 1.80. The molecule has 10 nitrogen and oxygen atoms in total. The van der Waals surface area contributed by atoms with Gasteiger partial charge in [0.1, 0.15) is 5.56 Å². The monoisotopic (exact) mass is 432 g/mol. The lowest BCUT2D eigenvalue weighted by Gasteiger charge is -2.32. The number of ether oxygens (including phenoxy) is 1. The highest BCUT2D eigenvalue weighted by Gasteiger charge is 2.19. The molecule has 0 aromatic carbocycles. The molecule has 160 valence electrons. The standard InChI is InChI=1S/C19H24N8O2.ClH/c1-4-29-19-14(9-13-11-26(3)25-17(13)22-19)18(28)21-15-5-6-16(24-23-15)27-8-7-20-12(2)10-27;/h5-6,9,11-12,20H,4,7-8,10H2,1-3H3,(H,21,23,28);1H/t12-;/m0./s1. The Bertz CT molecular complexity index is 1020. The third kappa shape index (κ3) is 4.60. The Morgan fingerprint density at radius 3 is 2.90 bits per heavy atom. The summed E-state index contributed by atoms with van der Waals surface area (Å²) in [4.78, 5) is 19.4. The molecule has 0 bridgehead atoms. The zero-order valence-corrected chi connectivity index (χ0v) is 17.9. The van der Waals surface area contributed by atoms with Gasteiger partial charge in [0.05, 0.1) is 6.61 Å². The first-order valence-electron chi connectivity index (χ1n) is 9.64. The Hall–Kier alpha value is -2.98. The number of aromatic nitrogens is 5. The fourth-order valence-corrected chi connectivity index (χ4v) is 3.35. The van der Waals surface area contributed by atoms with E-state index in [0.717, 1.165) is 30.8 Å². The van der Waals surface area contributed by atoms with Gasteiger partial charge in [-0.05, 0) is 32.0 Å². The molecule has 0 radical (unpaired) electrons. The van der Waals surface area contributed by atoms with E-state index in [2.05, 4.69) is 42.7 Å². The highest BCUT2D eigenvalue weighted by atomic mass is 35.5. The van der Waals surface area contributed by atoms with Crippen LogP contribution in [-0.2, 0) is 7.05 Å². The van der Waals surface area contributed by atoms with Crippen LogP contribution in [0.15, 0.2) is 24.4 Å². The molecule has 0 aliphatic carbocycles. The van der Waals surface area contributed by atoms with Gasteiger partial charge in [-0.3, -0.25) is 9.48 Å². The minimum absolute atomic E-state index is 0. The number of aryl methyl sites for hydroxylation is 1. The van der Waals surface area contributed by atoms with Gasteiger partial charge in [-0.15, -0.1) is 22.6 Å². The van der Waals surface area contributed by atoms with Crippen molar-refractivity contribution in [2.24, 2.45) is 7.05 Å². The van der Waals surface area contributed by atoms with Crippen LogP contribution in [0.4, 0.5) is 11.6 Å². The van der Waals surface area contributed by atoms with Gasteiger partial charge in [-0.2, -0.15) is 10.1 Å². The summed E-state index contributed by atoms with van der Waals surface area (Å²) in [6.45, 7) is 7.02. The average Bonchev–Trinajstić information content (AvgIpc) is 3.07. The van der Waals surface area contributed by atoms with Crippen LogP contribution in [0.2, 0.25) is 0 Å². The second-order valence-corrected chi connectivity index (χ2v) is 7.02. The number of fused-ring (bicyclic) bond motifs is 1. The molecule has 1 atom stereocenters. The van der Waals surface area contributed by atoms with Crippen LogP contribution in [0.25, 0.3) is 11.0 Å². The van der Waals surface area contributed by atoms with Crippen LogP contribution < -0.4 is 20.3 Å². The van der Waals surface area contributed by atoms with E-state index in [-0.39, 0.29) is 24.2 Å². The number of carbonyl (C=O) groups excluding carboxylic acids is 1. The number of amides is 1. The maximum atomic E-state index is 12.8. The number of pyridine rings is 1. The summed E-state index contributed by atoms with van der Waals surface area (Å²) >= 11 is 0. The van der Waals surface area contributed by atoms with E-state index in [0.29, 0.717) is 29.7 Å². The van der Waals surface area contributed by atoms with E-state index in [1.807, 2.05) is 13.0 Å². The van der Waals surface area contributed by atoms with Gasteiger partial charge in [0, 0.05) is 44.3 Å². The van der Waals surface area contributed by atoms with Crippen LogP contribution in [0.1, 0.15) is 24.2 Å². The van der Waals surface area contributed by atoms with Gasteiger partial charge in [-0.1, -0.05) is 0 Å². The third-order valence-corrected chi connectivity index (χ3v) is 4.68. The summed E-state index contributed by atoms with van der Waals surface area (Å²) in [5.74, 6) is 1.06. The molecule has 0 spiro atoms. The quantitative estimate of drug-likeness (QED) is 0.626. The molecule has 3 aromatic heterocycles. The van der Waals surface area contributed by atoms with Crippen LogP contribution >= 0.6 is 12.4 Å². The molecule has 1 saturated heterocycles. The molecule has 0 saturated carbocycles. The molecule has 1 aliphatic rings. The predicted molar refractivity (Wildman–Crippen MR) is 117 cm³/mol. The maximum Gasteiger partial charge on any atom is 0.262 e. The van der Waals surface area contributed by atoms with Crippen molar-refractivity contribution in [1.82, 2.24) is 30.3 Å². The highest BCUT2D eigenvalue weighted by molar-refractivity contribution is 6.07. The number of nitrogens with zero attached hydrogens (tertiary/aromatic N) is 6. The van der Waals surface area contributed by atoms with E-state index in [1.165, 1.54) is 0 Å². The summed E-state index contributed by atoms with van der Waals surface area (Å²) in [6, 6.07) is 5.74. The van der Waals surface area contributed by atoms with Gasteiger partial charge < -0.3 is 20.3 Å². The molecule has 4 heterocycles. The normalized spacial score (nSPS) is 16.2. The largest absolute Gasteiger partial charge is 0.477 e. The Balaban J connectivity index is 0.00000256. The molecule has 1 amide bonds. The Morgan fingerprint density at radius 1 is 1.37 bits per heavy atom. The summed E-state index contributed by atoms with van der Waals surface area (Å²) in [5.41, 5.74) is 0.857. The lowest BCUT2D eigenvalue weighted by molar-refractivity contribution is 0.102. The molecule has 2 N–H and O–H groups in total. The number of hydrogen-bond donors (Lipinski definition) is 2. The molecule has 4 rings (SSSR count). The minimum atomic E-state index is -0.357. The van der Waals surface area contributed by atoms with Crippen LogP contribution in [-0.4, -0.2) is 63.2 Å². The van der Waals surface area contributed by atoms with E-state index in [4.69, 9.17) is 4.74 Å². The first-order valence-corrected chi connectivity index (χ1v) is 9.64. The van der Waals surface area contributed by atoms with Crippen molar-refractivity contribution in [3.05, 3.63) is 30.0 Å². The van der Waals surface area contributed by atoms with Crippen LogP contribution in [0.5, 0.6) is 5.88 Å². The topological polar surface area (TPSA) is 110 Å². The predicted octanol–water partition coefficient (Wildman–Crippen LogP) is 1.63. The first kappa shape index (κ1) is 21.7. The van der Waals surface area contributed by atoms with Crippen LogP contribution in [0.3, 0.4) is 0 Å². The maximum absolute atomic E-state index is 12.8. The lowest BCUT2D eigenvalue weighted by Crippen LogP contribution is -2.49. The molecule has 11 heteroatoms. The second-order valence-electron chi connectivity index (χ2n) is 7.02. The number of anilines is 2. The minimum Gasteiger partial charge on any atom is -0.477 e. The zero-order valence-electron chi connectivity index (χ0n) is 17.1. The number of nitrogens with one attached hydrogen (secondary N) is 2. The molecular weight excluding hydrogens is 408 g/mol.